The number of hydrogen-bond donors (Lipinski definition) is 1. The van der Waals surface area contributed by atoms with Gasteiger partial charge in [0.15, 0.2) is 6.10 Å². The number of esters is 1. The van der Waals surface area contributed by atoms with Gasteiger partial charge in [0.2, 0.25) is 11.3 Å². The molecule has 0 saturated carbocycles. The Morgan fingerprint density at radius 2 is 1.71 bits per heavy atom. The van der Waals surface area contributed by atoms with E-state index in [1.165, 1.54) is 51.1 Å². The van der Waals surface area contributed by atoms with Gasteiger partial charge in [0, 0.05) is 10.7 Å². The van der Waals surface area contributed by atoms with E-state index in [4.69, 9.17) is 10.5 Å². The maximum atomic E-state index is 13.9. The van der Waals surface area contributed by atoms with Crippen molar-refractivity contribution in [2.45, 2.75) is 21.7 Å². The normalized spacial score (nSPS) is 19.0. The van der Waals surface area contributed by atoms with Crippen LogP contribution >= 0.6 is 62.1 Å². The van der Waals surface area contributed by atoms with Crippen molar-refractivity contribution in [1.29, 1.82) is 0 Å². The molecule has 1 fully saturated rings. The van der Waals surface area contributed by atoms with Crippen molar-refractivity contribution in [1.82, 2.24) is 4.90 Å². The first-order valence-electron chi connectivity index (χ1n) is 11.6. The van der Waals surface area contributed by atoms with E-state index < -0.39 is 18.1 Å². The number of β-lactam (4-membered cyclic amide) rings is 1. The Bertz CT molecular complexity index is 1600. The largest absolute Gasteiger partial charge is 0.448 e. The fourth-order valence-electron chi connectivity index (χ4n) is 4.36. The molecule has 4 aromatic rings. The molecule has 38 heavy (non-hydrogen) atoms. The van der Waals surface area contributed by atoms with E-state index in [9.17, 15) is 14.4 Å². The fourth-order valence-corrected chi connectivity index (χ4v) is 9.97. The standard InChI is InChI=1S/C27H19BrN2O4S4/c28-18-21(31)23-16(11-12-35-23)37-27(18)38-17-13-36-25-19(29)24(32)30(25)20(17)26(33)34-22(14-7-3-1-4-8-14)15-9-5-2-6-10-15/h1-12,19,22,25H,13,29H2/t19-,25+/m1/s1. The summed E-state index contributed by atoms with van der Waals surface area (Å²) in [7, 11) is 0. The minimum Gasteiger partial charge on any atom is -0.448 e. The van der Waals surface area contributed by atoms with E-state index >= 15 is 0 Å². The molecule has 6 rings (SSSR count). The van der Waals surface area contributed by atoms with Crippen molar-refractivity contribution in [3.8, 4) is 0 Å². The Balaban J connectivity index is 1.41. The summed E-state index contributed by atoms with van der Waals surface area (Å²) >= 11 is 9.18. The summed E-state index contributed by atoms with van der Waals surface area (Å²) in [5, 5.41) is 1.56. The smallest absolute Gasteiger partial charge is 0.356 e. The molecule has 1 amide bonds. The average molecular weight is 644 g/mol. The number of thiophene rings is 1. The van der Waals surface area contributed by atoms with Gasteiger partial charge in [0.05, 0.1) is 18.1 Å². The maximum Gasteiger partial charge on any atom is 0.356 e. The van der Waals surface area contributed by atoms with Crippen molar-refractivity contribution < 1.29 is 14.3 Å². The summed E-state index contributed by atoms with van der Waals surface area (Å²) in [4.78, 5) is 41.8. The second-order valence-corrected chi connectivity index (χ2v) is 13.8. The van der Waals surface area contributed by atoms with Crippen LogP contribution in [0.2, 0.25) is 0 Å². The second kappa shape index (κ2) is 10.6. The molecule has 6 nitrogen and oxygen atoms in total. The first-order chi connectivity index (χ1) is 18.4. The maximum absolute atomic E-state index is 13.9. The second-order valence-electron chi connectivity index (χ2n) is 8.56. The molecular formula is C27H19BrN2O4S4. The molecule has 2 N–H and O–H groups in total. The number of thioether (sulfide) groups is 2. The van der Waals surface area contributed by atoms with E-state index in [1.807, 2.05) is 72.1 Å². The quantitative estimate of drug-likeness (QED) is 0.205. The van der Waals surface area contributed by atoms with Gasteiger partial charge in [0.25, 0.3) is 0 Å². The highest BCUT2D eigenvalue weighted by Gasteiger charge is 2.52. The first kappa shape index (κ1) is 25.8. The van der Waals surface area contributed by atoms with Crippen LogP contribution in [0.3, 0.4) is 0 Å². The molecule has 0 spiro atoms. The van der Waals surface area contributed by atoms with E-state index in [1.54, 1.807) is 0 Å². The third-order valence-electron chi connectivity index (χ3n) is 6.23. The zero-order valence-corrected chi connectivity index (χ0v) is 24.4. The monoisotopic (exact) mass is 642 g/mol. The molecule has 2 aliphatic rings. The number of nitrogens with two attached hydrogens (primary N) is 1. The lowest BCUT2D eigenvalue weighted by molar-refractivity contribution is -0.152. The van der Waals surface area contributed by atoms with Gasteiger partial charge in [-0.3, -0.25) is 14.5 Å². The minimum absolute atomic E-state index is 0.0856. The van der Waals surface area contributed by atoms with Crippen LogP contribution in [-0.4, -0.2) is 33.9 Å². The molecule has 1 saturated heterocycles. The summed E-state index contributed by atoms with van der Waals surface area (Å²) in [5.41, 5.74) is 7.82. The van der Waals surface area contributed by atoms with E-state index in [-0.39, 0.29) is 22.4 Å². The molecule has 0 aliphatic carbocycles. The van der Waals surface area contributed by atoms with Crippen molar-refractivity contribution >= 4 is 83.4 Å². The third-order valence-corrected chi connectivity index (χ3v) is 12.5. The lowest BCUT2D eigenvalue weighted by Gasteiger charge is -2.48. The molecule has 0 bridgehead atoms. The molecule has 2 atom stereocenters. The highest BCUT2D eigenvalue weighted by molar-refractivity contribution is 9.10. The number of ether oxygens (including phenoxy) is 1. The van der Waals surface area contributed by atoms with Gasteiger partial charge in [-0.15, -0.1) is 34.4 Å². The van der Waals surface area contributed by atoms with Crippen LogP contribution in [0.4, 0.5) is 0 Å². The van der Waals surface area contributed by atoms with Gasteiger partial charge in [0.1, 0.15) is 17.1 Å². The van der Waals surface area contributed by atoms with Crippen LogP contribution in [0.5, 0.6) is 0 Å². The number of benzene rings is 2. The Morgan fingerprint density at radius 1 is 1.05 bits per heavy atom. The van der Waals surface area contributed by atoms with Crippen LogP contribution in [-0.2, 0) is 14.3 Å². The molecule has 11 heteroatoms. The molecule has 0 unspecified atom stereocenters. The Morgan fingerprint density at radius 3 is 2.37 bits per heavy atom. The van der Waals surface area contributed by atoms with E-state index in [0.29, 0.717) is 19.8 Å². The Hall–Kier alpha value is -2.41. The van der Waals surface area contributed by atoms with Gasteiger partial charge in [-0.2, -0.15) is 0 Å². The summed E-state index contributed by atoms with van der Waals surface area (Å²) in [6, 6.07) is 20.3. The first-order valence-corrected chi connectivity index (χ1v) is 15.9. The van der Waals surface area contributed by atoms with Gasteiger partial charge in [-0.1, -0.05) is 72.4 Å². The lowest BCUT2D eigenvalue weighted by Crippen LogP contribution is -2.68. The number of carbonyl (C=O) groups excluding carboxylic acids is 2. The van der Waals surface area contributed by atoms with E-state index in [2.05, 4.69) is 15.9 Å². The summed E-state index contributed by atoms with van der Waals surface area (Å²) in [5.74, 6) is -0.451. The zero-order chi connectivity index (χ0) is 26.4. The van der Waals surface area contributed by atoms with Crippen molar-refractivity contribution in [3.05, 3.63) is 109 Å². The number of halogens is 1. The summed E-state index contributed by atoms with van der Waals surface area (Å²) < 4.78 is 8.90. The van der Waals surface area contributed by atoms with Crippen LogP contribution in [0.1, 0.15) is 17.2 Å². The number of nitrogens with zero attached hydrogens (tertiary/aromatic N) is 1. The van der Waals surface area contributed by atoms with Gasteiger partial charge >= 0.3 is 5.97 Å². The number of fused-ring (bicyclic) bond motifs is 2. The Labute approximate surface area is 243 Å². The number of rotatable bonds is 6. The molecule has 192 valence electrons. The summed E-state index contributed by atoms with van der Waals surface area (Å²) in [6.45, 7) is 0. The van der Waals surface area contributed by atoms with E-state index in [0.717, 1.165) is 20.0 Å². The predicted molar refractivity (Wildman–Crippen MR) is 158 cm³/mol. The molecule has 2 aromatic heterocycles. The van der Waals surface area contributed by atoms with Crippen LogP contribution in [0.15, 0.2) is 96.2 Å². The average Bonchev–Trinajstić information content (AvgIpc) is 3.43. The highest BCUT2D eigenvalue weighted by Crippen LogP contribution is 2.48. The molecule has 4 heterocycles. The highest BCUT2D eigenvalue weighted by atomic mass is 79.9. The topological polar surface area (TPSA) is 89.7 Å². The zero-order valence-electron chi connectivity index (χ0n) is 19.5. The van der Waals surface area contributed by atoms with Crippen molar-refractivity contribution in [2.75, 3.05) is 5.75 Å². The van der Waals surface area contributed by atoms with Crippen LogP contribution in [0.25, 0.3) is 9.40 Å². The van der Waals surface area contributed by atoms with Gasteiger partial charge < -0.3 is 10.5 Å². The number of carbonyl (C=O) groups is 2. The SMILES string of the molecule is N[C@@H]1C(=O)N2C(C(=O)OC(c3ccccc3)c3ccccc3)=C(Sc3sc4ccsc4c(=O)c3Br)CS[C@@H]12. The number of amides is 1. The minimum atomic E-state index is -0.668. The molecule has 2 aliphatic heterocycles. The fraction of sp³-hybridized carbons (Fsp3) is 0.148. The molecular weight excluding hydrogens is 624 g/mol. The number of hydrogen-bond acceptors (Lipinski definition) is 9. The van der Waals surface area contributed by atoms with Crippen LogP contribution < -0.4 is 11.2 Å². The molecule has 2 aromatic carbocycles. The molecule has 0 radical (unpaired) electrons. The Kier molecular flexibility index (Phi) is 7.23. The summed E-state index contributed by atoms with van der Waals surface area (Å²) in [6.07, 6.45) is -0.660. The van der Waals surface area contributed by atoms with Crippen LogP contribution in [0, 0.1) is 0 Å². The van der Waals surface area contributed by atoms with Crippen molar-refractivity contribution in [3.63, 3.8) is 0 Å². The van der Waals surface area contributed by atoms with Crippen molar-refractivity contribution in [2.24, 2.45) is 5.73 Å². The third kappa shape index (κ3) is 4.55. The lowest BCUT2D eigenvalue weighted by atomic mass is 10.0. The van der Waals surface area contributed by atoms with Gasteiger partial charge in [-0.05, 0) is 38.5 Å². The van der Waals surface area contributed by atoms with Gasteiger partial charge in [-0.25, -0.2) is 4.79 Å². The predicted octanol–water partition coefficient (Wildman–Crippen LogP) is 5.96.